The van der Waals surface area contributed by atoms with Crippen molar-refractivity contribution in [3.63, 3.8) is 0 Å². The Bertz CT molecular complexity index is 791. The lowest BCUT2D eigenvalue weighted by Crippen LogP contribution is -2.54. The molecule has 1 N–H and O–H groups in total. The summed E-state index contributed by atoms with van der Waals surface area (Å²) in [6.45, 7) is 1.34. The summed E-state index contributed by atoms with van der Waals surface area (Å²) >= 11 is 7.48. The van der Waals surface area contributed by atoms with E-state index < -0.39 is 5.60 Å². The summed E-state index contributed by atoms with van der Waals surface area (Å²) in [7, 11) is 0. The minimum absolute atomic E-state index is 0.116. The van der Waals surface area contributed by atoms with E-state index in [2.05, 4.69) is 4.98 Å². The molecule has 2 aromatic rings. The molecule has 138 valence electrons. The lowest BCUT2D eigenvalue weighted by Gasteiger charge is -2.47. The van der Waals surface area contributed by atoms with Crippen molar-refractivity contribution >= 4 is 28.8 Å². The molecule has 1 aromatic heterocycles. The van der Waals surface area contributed by atoms with Gasteiger partial charge < -0.3 is 10.0 Å². The Labute approximate surface area is 162 Å². The van der Waals surface area contributed by atoms with Gasteiger partial charge in [0.25, 0.3) is 0 Å². The fraction of sp³-hybridized carbons (Fsp3) is 0.500. The summed E-state index contributed by atoms with van der Waals surface area (Å²) in [5.41, 5.74) is 1.29. The predicted molar refractivity (Wildman–Crippen MR) is 104 cm³/mol. The largest absolute Gasteiger partial charge is 0.389 e. The van der Waals surface area contributed by atoms with Crippen molar-refractivity contribution in [1.29, 1.82) is 0 Å². The molecule has 0 radical (unpaired) electrons. The van der Waals surface area contributed by atoms with Gasteiger partial charge >= 0.3 is 0 Å². The van der Waals surface area contributed by atoms with Crippen molar-refractivity contribution in [2.24, 2.45) is 5.92 Å². The molecular formula is C20H23ClN2O2S. The second kappa shape index (κ2) is 7.29. The van der Waals surface area contributed by atoms with Crippen LogP contribution in [-0.2, 0) is 11.2 Å². The van der Waals surface area contributed by atoms with E-state index in [4.69, 9.17) is 11.6 Å². The number of aromatic nitrogens is 1. The molecule has 1 amide bonds. The zero-order valence-corrected chi connectivity index (χ0v) is 16.2. The van der Waals surface area contributed by atoms with Crippen LogP contribution >= 0.6 is 22.9 Å². The highest BCUT2D eigenvalue weighted by Gasteiger charge is 2.43. The molecule has 1 saturated heterocycles. The number of nitrogens with zero attached hydrogens (tertiary/aromatic N) is 2. The predicted octanol–water partition coefficient (Wildman–Crippen LogP) is 4.16. The molecule has 1 aromatic carbocycles. The van der Waals surface area contributed by atoms with Crippen molar-refractivity contribution in [3.8, 4) is 10.6 Å². The molecule has 2 aliphatic rings. The lowest BCUT2D eigenvalue weighted by atomic mass is 9.71. The summed E-state index contributed by atoms with van der Waals surface area (Å²) in [5, 5.41) is 14.3. The van der Waals surface area contributed by atoms with Crippen molar-refractivity contribution in [2.45, 2.75) is 44.1 Å². The second-order valence-electron chi connectivity index (χ2n) is 7.46. The van der Waals surface area contributed by atoms with Crippen LogP contribution in [0, 0.1) is 5.92 Å². The first-order chi connectivity index (χ1) is 12.5. The Hall–Kier alpha value is -1.43. The Balaban J connectivity index is 1.40. The zero-order valence-electron chi connectivity index (χ0n) is 14.7. The number of carbonyl (C=O) groups is 1. The highest BCUT2D eigenvalue weighted by molar-refractivity contribution is 7.13. The van der Waals surface area contributed by atoms with Crippen molar-refractivity contribution in [2.75, 3.05) is 13.1 Å². The Kier molecular flexibility index (Phi) is 5.04. The highest BCUT2D eigenvalue weighted by atomic mass is 35.5. The Morgan fingerprint density at radius 3 is 2.92 bits per heavy atom. The van der Waals surface area contributed by atoms with Crippen LogP contribution in [0.3, 0.4) is 0 Å². The molecule has 26 heavy (non-hydrogen) atoms. The molecule has 6 heteroatoms. The number of carbonyl (C=O) groups excluding carboxylic acids is 1. The van der Waals surface area contributed by atoms with Crippen LogP contribution < -0.4 is 0 Å². The molecular weight excluding hydrogens is 368 g/mol. The number of hydrogen-bond donors (Lipinski definition) is 1. The monoisotopic (exact) mass is 390 g/mol. The summed E-state index contributed by atoms with van der Waals surface area (Å²) in [5.74, 6) is 0.347. The van der Waals surface area contributed by atoms with Gasteiger partial charge in [0.05, 0.1) is 17.7 Å². The van der Waals surface area contributed by atoms with E-state index in [0.717, 1.165) is 41.9 Å². The van der Waals surface area contributed by atoms with E-state index in [0.29, 0.717) is 31.0 Å². The minimum Gasteiger partial charge on any atom is -0.389 e. The fourth-order valence-electron chi connectivity index (χ4n) is 4.18. The number of piperidine rings is 1. The SMILES string of the molecule is O=C(Cc1csc(-c2ccc(Cl)cc2)n1)N1CC[C@@]2(O)CCCC[C@@H]2C1. The van der Waals surface area contributed by atoms with Gasteiger partial charge in [-0.15, -0.1) is 11.3 Å². The van der Waals surface area contributed by atoms with Gasteiger partial charge in [0.2, 0.25) is 5.91 Å². The van der Waals surface area contributed by atoms with E-state index >= 15 is 0 Å². The Morgan fingerprint density at radius 1 is 1.31 bits per heavy atom. The Morgan fingerprint density at radius 2 is 2.12 bits per heavy atom. The molecule has 1 aliphatic heterocycles. The van der Waals surface area contributed by atoms with Crippen LogP contribution in [0.2, 0.25) is 5.02 Å². The third-order valence-electron chi connectivity index (χ3n) is 5.76. The topological polar surface area (TPSA) is 53.4 Å². The van der Waals surface area contributed by atoms with Crippen LogP contribution in [-0.4, -0.2) is 39.6 Å². The summed E-state index contributed by atoms with van der Waals surface area (Å²) in [4.78, 5) is 19.3. The van der Waals surface area contributed by atoms with Gasteiger partial charge in [-0.25, -0.2) is 4.98 Å². The first kappa shape index (κ1) is 18.0. The first-order valence-corrected chi connectivity index (χ1v) is 10.5. The van der Waals surface area contributed by atoms with Crippen LogP contribution in [0.4, 0.5) is 0 Å². The lowest BCUT2D eigenvalue weighted by molar-refractivity contribution is -0.142. The molecule has 2 heterocycles. The van der Waals surface area contributed by atoms with Gasteiger partial charge in [0, 0.05) is 35.0 Å². The molecule has 4 rings (SSSR count). The van der Waals surface area contributed by atoms with E-state index in [1.165, 1.54) is 0 Å². The van der Waals surface area contributed by atoms with Crippen LogP contribution in [0.25, 0.3) is 10.6 Å². The quantitative estimate of drug-likeness (QED) is 0.856. The number of hydrogen-bond acceptors (Lipinski definition) is 4. The van der Waals surface area contributed by atoms with Gasteiger partial charge in [-0.1, -0.05) is 36.6 Å². The maximum absolute atomic E-state index is 12.7. The summed E-state index contributed by atoms with van der Waals surface area (Å²) in [6.07, 6.45) is 5.21. The molecule has 0 unspecified atom stereocenters. The smallest absolute Gasteiger partial charge is 0.228 e. The average Bonchev–Trinajstić information content (AvgIpc) is 3.10. The molecule has 0 bridgehead atoms. The third-order valence-corrected chi connectivity index (χ3v) is 6.95. The van der Waals surface area contributed by atoms with Gasteiger partial charge in [0.1, 0.15) is 5.01 Å². The fourth-order valence-corrected chi connectivity index (χ4v) is 5.13. The number of thiazole rings is 1. The van der Waals surface area contributed by atoms with Crippen molar-refractivity contribution in [1.82, 2.24) is 9.88 Å². The summed E-state index contributed by atoms with van der Waals surface area (Å²) in [6, 6.07) is 7.59. The van der Waals surface area contributed by atoms with Crippen LogP contribution in [0.15, 0.2) is 29.6 Å². The van der Waals surface area contributed by atoms with Gasteiger partial charge in [-0.3, -0.25) is 4.79 Å². The molecule has 2 fully saturated rings. The molecule has 0 spiro atoms. The first-order valence-electron chi connectivity index (χ1n) is 9.24. The molecule has 1 aliphatic carbocycles. The third kappa shape index (κ3) is 3.66. The van der Waals surface area contributed by atoms with Crippen molar-refractivity contribution < 1.29 is 9.90 Å². The van der Waals surface area contributed by atoms with Gasteiger partial charge in [-0.2, -0.15) is 0 Å². The van der Waals surface area contributed by atoms with Gasteiger partial charge in [0.15, 0.2) is 0 Å². The second-order valence-corrected chi connectivity index (χ2v) is 8.76. The number of rotatable bonds is 3. The maximum Gasteiger partial charge on any atom is 0.228 e. The molecule has 2 atom stereocenters. The average molecular weight is 391 g/mol. The number of aliphatic hydroxyl groups is 1. The van der Waals surface area contributed by atoms with E-state index in [1.54, 1.807) is 11.3 Å². The van der Waals surface area contributed by atoms with Gasteiger partial charge in [-0.05, 0) is 31.4 Å². The number of amides is 1. The maximum atomic E-state index is 12.7. The van der Waals surface area contributed by atoms with Crippen molar-refractivity contribution in [3.05, 3.63) is 40.4 Å². The van der Waals surface area contributed by atoms with E-state index in [9.17, 15) is 9.90 Å². The zero-order chi connectivity index (χ0) is 18.1. The number of halogens is 1. The minimum atomic E-state index is -0.544. The van der Waals surface area contributed by atoms with E-state index in [1.807, 2.05) is 34.5 Å². The normalized spacial score (nSPS) is 25.8. The van der Waals surface area contributed by atoms with Crippen LogP contribution in [0.1, 0.15) is 37.8 Å². The van der Waals surface area contributed by atoms with Crippen LogP contribution in [0.5, 0.6) is 0 Å². The standard InChI is InChI=1S/C20H23ClN2O2S/c21-16-6-4-14(5-7-16)19-22-17(13-26-19)11-18(24)23-10-9-20(25)8-2-1-3-15(20)12-23/h4-7,13,15,25H,1-3,8-12H2/t15-,20+/m1/s1. The molecule has 4 nitrogen and oxygen atoms in total. The number of benzene rings is 1. The highest BCUT2D eigenvalue weighted by Crippen LogP contribution is 2.39. The number of likely N-dealkylation sites (tertiary alicyclic amines) is 1. The number of fused-ring (bicyclic) bond motifs is 1. The molecule has 1 saturated carbocycles. The summed E-state index contributed by atoms with van der Waals surface area (Å²) < 4.78 is 0. The van der Waals surface area contributed by atoms with E-state index in [-0.39, 0.29) is 11.8 Å².